The number of aromatic nitrogens is 1. The monoisotopic (exact) mass is 342 g/mol. The summed E-state index contributed by atoms with van der Waals surface area (Å²) in [6, 6.07) is 10.4. The number of nitrogens with zero attached hydrogens (tertiary/aromatic N) is 2. The maximum Gasteiger partial charge on any atom is 0.320 e. The number of pyridine rings is 1. The number of carboxylic acids is 1. The molecule has 1 aromatic heterocycles. The van der Waals surface area contributed by atoms with Gasteiger partial charge < -0.3 is 14.6 Å². The van der Waals surface area contributed by atoms with Crippen LogP contribution in [0.3, 0.4) is 0 Å². The van der Waals surface area contributed by atoms with Gasteiger partial charge in [-0.25, -0.2) is 0 Å². The molecule has 0 radical (unpaired) electrons. The Labute approximate surface area is 147 Å². The van der Waals surface area contributed by atoms with E-state index >= 15 is 0 Å². The number of aliphatic carboxylic acids is 1. The van der Waals surface area contributed by atoms with Gasteiger partial charge in [0, 0.05) is 18.3 Å². The van der Waals surface area contributed by atoms with Crippen LogP contribution in [-0.4, -0.2) is 47.8 Å². The first kappa shape index (κ1) is 17.2. The summed E-state index contributed by atoms with van der Waals surface area (Å²) in [6.07, 6.45) is 3.19. The van der Waals surface area contributed by atoms with Crippen LogP contribution in [0.2, 0.25) is 0 Å². The maximum atomic E-state index is 11.7. The highest BCUT2D eigenvalue weighted by Gasteiger charge is 2.38. The van der Waals surface area contributed by atoms with Crippen LogP contribution in [0.5, 0.6) is 11.5 Å². The topological polar surface area (TPSA) is 71.9 Å². The van der Waals surface area contributed by atoms with E-state index in [-0.39, 0.29) is 6.04 Å². The summed E-state index contributed by atoms with van der Waals surface area (Å²) in [6.45, 7) is 0.693. The second kappa shape index (κ2) is 7.53. The lowest BCUT2D eigenvalue weighted by Gasteiger charge is -2.32. The molecule has 1 saturated heterocycles. The smallest absolute Gasteiger partial charge is 0.320 e. The Morgan fingerprint density at radius 1 is 1.28 bits per heavy atom. The van der Waals surface area contributed by atoms with Crippen molar-refractivity contribution in [3.8, 4) is 11.5 Å². The van der Waals surface area contributed by atoms with Crippen molar-refractivity contribution in [1.82, 2.24) is 9.88 Å². The predicted molar refractivity (Wildman–Crippen MR) is 93.0 cm³/mol. The zero-order valence-corrected chi connectivity index (χ0v) is 14.4. The Bertz CT molecular complexity index is 735. The quantitative estimate of drug-likeness (QED) is 0.870. The van der Waals surface area contributed by atoms with Crippen molar-refractivity contribution in [2.24, 2.45) is 0 Å². The fourth-order valence-corrected chi connectivity index (χ4v) is 3.46. The molecular weight excluding hydrogens is 320 g/mol. The number of methoxy groups -OCH3 is 2. The van der Waals surface area contributed by atoms with E-state index in [1.54, 1.807) is 20.4 Å². The maximum absolute atomic E-state index is 11.7. The summed E-state index contributed by atoms with van der Waals surface area (Å²) in [5.41, 5.74) is 1.65. The highest BCUT2D eigenvalue weighted by Crippen LogP contribution is 2.39. The molecule has 132 valence electrons. The van der Waals surface area contributed by atoms with Crippen LogP contribution in [0.15, 0.2) is 42.6 Å². The van der Waals surface area contributed by atoms with Gasteiger partial charge in [-0.05, 0) is 43.2 Å². The first-order valence-electron chi connectivity index (χ1n) is 8.27. The van der Waals surface area contributed by atoms with Gasteiger partial charge in [-0.15, -0.1) is 0 Å². The van der Waals surface area contributed by atoms with Crippen LogP contribution >= 0.6 is 0 Å². The summed E-state index contributed by atoms with van der Waals surface area (Å²) in [5, 5.41) is 9.64. The molecule has 0 aliphatic carbocycles. The van der Waals surface area contributed by atoms with Gasteiger partial charge in [-0.2, -0.15) is 0 Å². The normalized spacial score (nSPS) is 18.7. The third-order valence-electron chi connectivity index (χ3n) is 4.61. The molecule has 25 heavy (non-hydrogen) atoms. The standard InChI is InChI=1S/C19H22N2O4/c1-24-13-8-9-17(25-2)14(12-13)18(15-6-3-4-10-20-15)21-11-5-7-16(21)19(22)23/h3-4,6,8-10,12,16,18H,5,7,11H2,1-2H3,(H,22,23). The Morgan fingerprint density at radius 2 is 2.12 bits per heavy atom. The van der Waals surface area contributed by atoms with Crippen molar-refractivity contribution >= 4 is 5.97 Å². The number of benzene rings is 1. The van der Waals surface area contributed by atoms with Crippen molar-refractivity contribution in [2.45, 2.75) is 24.9 Å². The number of likely N-dealkylation sites (tertiary alicyclic amines) is 1. The molecule has 0 amide bonds. The van der Waals surface area contributed by atoms with Gasteiger partial charge in [0.15, 0.2) is 0 Å². The molecule has 6 nitrogen and oxygen atoms in total. The highest BCUT2D eigenvalue weighted by molar-refractivity contribution is 5.74. The molecule has 2 unspecified atom stereocenters. The van der Waals surface area contributed by atoms with Crippen LogP contribution in [0.1, 0.15) is 30.1 Å². The first-order valence-corrected chi connectivity index (χ1v) is 8.27. The van der Waals surface area contributed by atoms with E-state index in [4.69, 9.17) is 9.47 Å². The van der Waals surface area contributed by atoms with E-state index in [0.717, 1.165) is 17.7 Å². The zero-order valence-electron chi connectivity index (χ0n) is 14.4. The molecule has 1 fully saturated rings. The SMILES string of the molecule is COc1ccc(OC)c(C(c2ccccn2)N2CCCC2C(=O)O)c1. The minimum Gasteiger partial charge on any atom is -0.497 e. The fourth-order valence-electron chi connectivity index (χ4n) is 3.46. The molecule has 6 heteroatoms. The van der Waals surface area contributed by atoms with E-state index < -0.39 is 12.0 Å². The number of carbonyl (C=O) groups is 1. The van der Waals surface area contributed by atoms with Gasteiger partial charge in [-0.3, -0.25) is 14.7 Å². The Kier molecular flexibility index (Phi) is 5.19. The summed E-state index contributed by atoms with van der Waals surface area (Å²) in [7, 11) is 3.22. The van der Waals surface area contributed by atoms with Crippen molar-refractivity contribution in [1.29, 1.82) is 0 Å². The minimum absolute atomic E-state index is 0.310. The molecule has 0 saturated carbocycles. The minimum atomic E-state index is -0.805. The van der Waals surface area contributed by atoms with Crippen molar-refractivity contribution in [3.63, 3.8) is 0 Å². The average Bonchev–Trinajstić information content (AvgIpc) is 3.12. The van der Waals surface area contributed by atoms with E-state index in [2.05, 4.69) is 4.98 Å². The Morgan fingerprint density at radius 3 is 2.76 bits per heavy atom. The predicted octanol–water partition coefficient (Wildman–Crippen LogP) is 2.74. The van der Waals surface area contributed by atoms with E-state index in [1.165, 1.54) is 0 Å². The summed E-state index contributed by atoms with van der Waals surface area (Å²) >= 11 is 0. The van der Waals surface area contributed by atoms with Crippen molar-refractivity contribution < 1.29 is 19.4 Å². The second-order valence-electron chi connectivity index (χ2n) is 6.00. The second-order valence-corrected chi connectivity index (χ2v) is 6.00. The highest BCUT2D eigenvalue weighted by atomic mass is 16.5. The van der Waals surface area contributed by atoms with E-state index in [9.17, 15) is 9.90 Å². The Hall–Kier alpha value is -2.60. The summed E-state index contributed by atoms with van der Waals surface area (Å²) in [5.74, 6) is 0.579. The third kappa shape index (κ3) is 3.44. The van der Waals surface area contributed by atoms with E-state index in [1.807, 2.05) is 41.3 Å². The molecule has 1 aliphatic heterocycles. The van der Waals surface area contributed by atoms with Crippen molar-refractivity contribution in [3.05, 3.63) is 53.9 Å². The van der Waals surface area contributed by atoms with Crippen molar-refractivity contribution in [2.75, 3.05) is 20.8 Å². The largest absolute Gasteiger partial charge is 0.497 e. The molecular formula is C19H22N2O4. The number of ether oxygens (including phenoxy) is 2. The fraction of sp³-hybridized carbons (Fsp3) is 0.368. The van der Waals surface area contributed by atoms with Gasteiger partial charge in [0.1, 0.15) is 17.5 Å². The Balaban J connectivity index is 2.14. The van der Waals surface area contributed by atoms with Gasteiger partial charge in [0.25, 0.3) is 0 Å². The van der Waals surface area contributed by atoms with Crippen LogP contribution in [0.4, 0.5) is 0 Å². The summed E-state index contributed by atoms with van der Waals surface area (Å²) in [4.78, 5) is 18.2. The van der Waals surface area contributed by atoms with Crippen LogP contribution in [-0.2, 0) is 4.79 Å². The van der Waals surface area contributed by atoms with E-state index in [0.29, 0.717) is 24.5 Å². The lowest BCUT2D eigenvalue weighted by atomic mass is 9.98. The number of carboxylic acid groups (broad SMARTS) is 1. The molecule has 1 aromatic carbocycles. The lowest BCUT2D eigenvalue weighted by molar-refractivity contribution is -0.142. The molecule has 0 bridgehead atoms. The molecule has 2 atom stereocenters. The van der Waals surface area contributed by atoms with Crippen LogP contribution < -0.4 is 9.47 Å². The number of hydrogen-bond acceptors (Lipinski definition) is 5. The van der Waals surface area contributed by atoms with Gasteiger partial charge in [-0.1, -0.05) is 6.07 Å². The third-order valence-corrected chi connectivity index (χ3v) is 4.61. The van der Waals surface area contributed by atoms with Gasteiger partial charge in [0.2, 0.25) is 0 Å². The molecule has 1 N–H and O–H groups in total. The number of rotatable bonds is 6. The van der Waals surface area contributed by atoms with Gasteiger partial charge in [0.05, 0.1) is 26.0 Å². The molecule has 2 heterocycles. The lowest BCUT2D eigenvalue weighted by Crippen LogP contribution is -2.39. The average molecular weight is 342 g/mol. The molecule has 3 rings (SSSR count). The number of hydrogen-bond donors (Lipinski definition) is 1. The molecule has 1 aliphatic rings. The molecule has 0 spiro atoms. The van der Waals surface area contributed by atoms with Crippen LogP contribution in [0, 0.1) is 0 Å². The van der Waals surface area contributed by atoms with Crippen LogP contribution in [0.25, 0.3) is 0 Å². The zero-order chi connectivity index (χ0) is 17.8. The molecule has 2 aromatic rings. The van der Waals surface area contributed by atoms with Gasteiger partial charge >= 0.3 is 5.97 Å². The summed E-state index contributed by atoms with van der Waals surface area (Å²) < 4.78 is 10.9. The first-order chi connectivity index (χ1) is 12.2.